The summed E-state index contributed by atoms with van der Waals surface area (Å²) in [5, 5.41) is 0.0369. The second-order valence-electron chi connectivity index (χ2n) is 3.68. The van der Waals surface area contributed by atoms with Gasteiger partial charge < -0.3 is 4.57 Å². The van der Waals surface area contributed by atoms with Crippen LogP contribution >= 0.6 is 0 Å². The molecule has 0 radical (unpaired) electrons. The minimum Gasteiger partial charge on any atom is -0.336 e. The molecule has 17 heavy (non-hydrogen) atoms. The third-order valence-corrected chi connectivity index (χ3v) is 3.83. The van der Waals surface area contributed by atoms with Gasteiger partial charge in [0, 0.05) is 25.2 Å². The van der Waals surface area contributed by atoms with Crippen LogP contribution in [0.2, 0.25) is 0 Å². The zero-order valence-corrected chi connectivity index (χ0v) is 10.9. The molecule has 0 bridgehead atoms. The largest absolute Gasteiger partial charge is 0.336 e. The molecule has 0 fully saturated rings. The molecule has 1 aromatic heterocycles. The lowest BCUT2D eigenvalue weighted by molar-refractivity contribution is 0.541. The zero-order chi connectivity index (χ0) is 12.9. The predicted molar refractivity (Wildman–Crippen MR) is 65.8 cm³/mol. The van der Waals surface area contributed by atoms with Crippen LogP contribution in [-0.4, -0.2) is 24.0 Å². The summed E-state index contributed by atoms with van der Waals surface area (Å²) in [5.41, 5.74) is 0. The summed E-state index contributed by atoms with van der Waals surface area (Å²) < 4.78 is 28.2. The van der Waals surface area contributed by atoms with Gasteiger partial charge in [-0.1, -0.05) is 6.92 Å². The predicted octanol–water partition coefficient (Wildman–Crippen LogP) is 0.983. The van der Waals surface area contributed by atoms with Gasteiger partial charge in [-0.2, -0.15) is 0 Å². The summed E-state index contributed by atoms with van der Waals surface area (Å²) >= 11 is 0. The summed E-state index contributed by atoms with van der Waals surface area (Å²) in [6, 6.07) is -0.239. The van der Waals surface area contributed by atoms with Gasteiger partial charge in [0.05, 0.1) is 6.33 Å². The van der Waals surface area contributed by atoms with Gasteiger partial charge in [0.15, 0.2) is 5.03 Å². The van der Waals surface area contributed by atoms with Crippen LogP contribution in [0.4, 0.5) is 0 Å². The minimum absolute atomic E-state index is 0.0369. The molecular formula is C11H17N3O2S. The molecule has 1 N–H and O–H groups in total. The van der Waals surface area contributed by atoms with Crippen LogP contribution in [0.25, 0.3) is 0 Å². The second-order valence-corrected chi connectivity index (χ2v) is 5.34. The monoisotopic (exact) mass is 255 g/mol. The molecule has 1 unspecified atom stereocenters. The van der Waals surface area contributed by atoms with Gasteiger partial charge in [-0.05, 0) is 13.3 Å². The van der Waals surface area contributed by atoms with E-state index in [9.17, 15) is 8.42 Å². The highest BCUT2D eigenvalue weighted by Crippen LogP contribution is 2.08. The number of aryl methyl sites for hydroxylation is 1. The highest BCUT2D eigenvalue weighted by Gasteiger charge is 2.20. The van der Waals surface area contributed by atoms with Crippen molar-refractivity contribution in [3.05, 3.63) is 12.5 Å². The van der Waals surface area contributed by atoms with Crippen molar-refractivity contribution in [3.63, 3.8) is 0 Å². The molecule has 0 saturated heterocycles. The molecule has 0 amide bonds. The summed E-state index contributed by atoms with van der Waals surface area (Å²) in [4.78, 5) is 3.87. The number of imidazole rings is 1. The molecule has 0 aliphatic heterocycles. The summed E-state index contributed by atoms with van der Waals surface area (Å²) in [7, 11) is -3.56. The van der Waals surface area contributed by atoms with Gasteiger partial charge in [0.2, 0.25) is 0 Å². The first-order chi connectivity index (χ1) is 8.03. The van der Waals surface area contributed by atoms with E-state index in [-0.39, 0.29) is 11.1 Å². The van der Waals surface area contributed by atoms with Gasteiger partial charge in [-0.25, -0.2) is 18.1 Å². The fourth-order valence-electron chi connectivity index (χ4n) is 1.34. The van der Waals surface area contributed by atoms with Crippen LogP contribution in [-0.2, 0) is 16.6 Å². The van der Waals surface area contributed by atoms with E-state index in [2.05, 4.69) is 15.6 Å². The first-order valence-corrected chi connectivity index (χ1v) is 6.99. The van der Waals surface area contributed by atoms with Crippen molar-refractivity contribution in [2.75, 3.05) is 0 Å². The summed E-state index contributed by atoms with van der Waals surface area (Å²) in [6.45, 7) is 4.48. The first-order valence-electron chi connectivity index (χ1n) is 5.51. The number of hydrogen-bond acceptors (Lipinski definition) is 3. The Morgan fingerprint density at radius 2 is 2.29 bits per heavy atom. The van der Waals surface area contributed by atoms with Crippen molar-refractivity contribution < 1.29 is 8.42 Å². The van der Waals surface area contributed by atoms with E-state index in [1.54, 1.807) is 4.57 Å². The maximum absolute atomic E-state index is 12.0. The third-order valence-electron chi connectivity index (χ3n) is 2.43. The quantitative estimate of drug-likeness (QED) is 0.771. The maximum Gasteiger partial charge on any atom is 0.259 e. The van der Waals surface area contributed by atoms with Crippen LogP contribution in [0.1, 0.15) is 26.7 Å². The van der Waals surface area contributed by atoms with Crippen LogP contribution in [0.5, 0.6) is 0 Å². The minimum atomic E-state index is -3.56. The van der Waals surface area contributed by atoms with Crippen molar-refractivity contribution in [2.24, 2.45) is 0 Å². The van der Waals surface area contributed by atoms with Crippen LogP contribution in [0, 0.1) is 12.3 Å². The first kappa shape index (κ1) is 13.7. The van der Waals surface area contributed by atoms with Gasteiger partial charge in [0.1, 0.15) is 0 Å². The normalized spacial score (nSPS) is 13.2. The topological polar surface area (TPSA) is 64.0 Å². The number of aromatic nitrogens is 2. The van der Waals surface area contributed by atoms with E-state index in [1.807, 2.05) is 13.8 Å². The fourth-order valence-corrected chi connectivity index (χ4v) is 2.61. The van der Waals surface area contributed by atoms with Crippen molar-refractivity contribution in [2.45, 2.75) is 44.3 Å². The molecule has 1 atom stereocenters. The average molecular weight is 255 g/mol. The van der Waals surface area contributed by atoms with Crippen molar-refractivity contribution in [1.82, 2.24) is 14.3 Å². The Balaban J connectivity index is 2.84. The number of hydrogen-bond donors (Lipinski definition) is 1. The standard InChI is InChI=1S/C11H17N3O2S/c1-4-7-10(5-2)13-17(15,16)11-8-14(6-3)9-12-11/h1,8-10,13H,5-7H2,2-3H3. The van der Waals surface area contributed by atoms with Crippen molar-refractivity contribution in [1.29, 1.82) is 0 Å². The highest BCUT2D eigenvalue weighted by atomic mass is 32.2. The van der Waals surface area contributed by atoms with Crippen LogP contribution in [0.3, 0.4) is 0 Å². The van der Waals surface area contributed by atoms with E-state index >= 15 is 0 Å². The Morgan fingerprint density at radius 3 is 2.76 bits per heavy atom. The number of nitrogens with one attached hydrogen (secondary N) is 1. The van der Waals surface area contributed by atoms with E-state index in [1.165, 1.54) is 12.5 Å². The van der Waals surface area contributed by atoms with E-state index < -0.39 is 10.0 Å². The molecule has 1 aromatic rings. The lowest BCUT2D eigenvalue weighted by Crippen LogP contribution is -2.34. The Bertz CT molecular complexity index is 499. The number of terminal acetylenes is 1. The molecule has 5 nitrogen and oxygen atoms in total. The number of sulfonamides is 1. The number of nitrogens with zero attached hydrogens (tertiary/aromatic N) is 2. The van der Waals surface area contributed by atoms with Crippen molar-refractivity contribution >= 4 is 10.0 Å². The van der Waals surface area contributed by atoms with Crippen LogP contribution in [0.15, 0.2) is 17.6 Å². The lowest BCUT2D eigenvalue weighted by atomic mass is 10.2. The lowest BCUT2D eigenvalue weighted by Gasteiger charge is -2.12. The van der Waals surface area contributed by atoms with E-state index in [4.69, 9.17) is 6.42 Å². The molecule has 1 rings (SSSR count). The molecule has 0 spiro atoms. The van der Waals surface area contributed by atoms with Crippen LogP contribution < -0.4 is 4.72 Å². The Labute approximate surface area is 102 Å². The van der Waals surface area contributed by atoms with E-state index in [0.717, 1.165) is 0 Å². The average Bonchev–Trinajstić information content (AvgIpc) is 2.77. The Kier molecular flexibility index (Phi) is 4.73. The molecule has 0 aromatic carbocycles. The van der Waals surface area contributed by atoms with Gasteiger partial charge in [0.25, 0.3) is 10.0 Å². The molecule has 1 heterocycles. The maximum atomic E-state index is 12.0. The fraction of sp³-hybridized carbons (Fsp3) is 0.545. The highest BCUT2D eigenvalue weighted by molar-refractivity contribution is 7.89. The Morgan fingerprint density at radius 1 is 1.59 bits per heavy atom. The SMILES string of the molecule is C#CCC(CC)NS(=O)(=O)c1cn(CC)cn1. The van der Waals surface area contributed by atoms with Gasteiger partial charge in [-0.15, -0.1) is 12.3 Å². The Hall–Kier alpha value is -1.32. The molecule has 0 aliphatic carbocycles. The van der Waals surface area contributed by atoms with Gasteiger partial charge >= 0.3 is 0 Å². The number of rotatable bonds is 6. The summed E-state index contributed by atoms with van der Waals surface area (Å²) in [5.74, 6) is 2.46. The van der Waals surface area contributed by atoms with Gasteiger partial charge in [-0.3, -0.25) is 0 Å². The van der Waals surface area contributed by atoms with E-state index in [0.29, 0.717) is 19.4 Å². The molecule has 6 heteroatoms. The molecule has 0 aliphatic rings. The zero-order valence-electron chi connectivity index (χ0n) is 10.0. The second kappa shape index (κ2) is 5.84. The molecule has 94 valence electrons. The summed E-state index contributed by atoms with van der Waals surface area (Å²) in [6.07, 6.45) is 9.22. The third kappa shape index (κ3) is 3.58. The molecule has 0 saturated carbocycles. The van der Waals surface area contributed by atoms with Crippen molar-refractivity contribution in [3.8, 4) is 12.3 Å². The molecular weight excluding hydrogens is 238 g/mol. The smallest absolute Gasteiger partial charge is 0.259 e.